The van der Waals surface area contributed by atoms with Crippen LogP contribution < -0.4 is 0 Å². The van der Waals surface area contributed by atoms with Crippen molar-refractivity contribution in [2.75, 3.05) is 0 Å². The number of hydrogen-bond donors (Lipinski definition) is 1. The summed E-state index contributed by atoms with van der Waals surface area (Å²) in [5.74, 6) is 1.40. The van der Waals surface area contributed by atoms with Crippen LogP contribution in [0.3, 0.4) is 0 Å². The number of aliphatic hydroxyl groups excluding tert-OH is 1. The lowest BCUT2D eigenvalue weighted by atomic mass is 10.0. The van der Waals surface area contributed by atoms with Gasteiger partial charge in [0.25, 0.3) is 0 Å². The third-order valence-electron chi connectivity index (χ3n) is 3.34. The first-order chi connectivity index (χ1) is 7.34. The lowest BCUT2D eigenvalue weighted by Gasteiger charge is -2.07. The molecule has 15 heavy (non-hydrogen) atoms. The van der Waals surface area contributed by atoms with Gasteiger partial charge in [0.05, 0.1) is 6.10 Å². The topological polar surface area (TPSA) is 20.2 Å². The average molecular weight is 211 g/mol. The molecule has 0 aromatic carbocycles. The van der Waals surface area contributed by atoms with Gasteiger partial charge in [0.2, 0.25) is 0 Å². The Morgan fingerprint density at radius 1 is 0.933 bits per heavy atom. The first kappa shape index (κ1) is 13.0. The Hall–Kier alpha value is -0.0400. The van der Waals surface area contributed by atoms with Crippen LogP contribution in [-0.2, 0) is 0 Å². The van der Waals surface area contributed by atoms with Crippen molar-refractivity contribution >= 4 is 0 Å². The summed E-state index contributed by atoms with van der Waals surface area (Å²) in [7, 11) is 0. The molecule has 1 N–H and O–H groups in total. The summed E-state index contributed by atoms with van der Waals surface area (Å²) in [5.41, 5.74) is 0. The molecular weight excluding hydrogens is 184 g/mol. The van der Waals surface area contributed by atoms with Crippen LogP contribution in [-0.4, -0.2) is 11.2 Å². The molecule has 0 aromatic rings. The highest BCUT2D eigenvalue weighted by Crippen LogP contribution is 2.37. The van der Waals surface area contributed by atoms with Gasteiger partial charge in [-0.3, -0.25) is 0 Å². The van der Waals surface area contributed by atoms with Crippen LogP contribution in [0.2, 0.25) is 0 Å². The molecule has 0 amide bonds. The Morgan fingerprint density at radius 3 is 2.00 bits per heavy atom. The van der Waals surface area contributed by atoms with Crippen LogP contribution in [0, 0.1) is 5.92 Å². The first-order valence-electron chi connectivity index (χ1n) is 6.87. The number of aliphatic hydroxyl groups is 1. The maximum Gasteiger partial charge on any atom is 0.0602 e. The van der Waals surface area contributed by atoms with E-state index >= 15 is 0 Å². The Bertz CT molecular complexity index is 140. The second-order valence-electron chi connectivity index (χ2n) is 4.94. The van der Waals surface area contributed by atoms with E-state index < -0.39 is 0 Å². The zero-order valence-corrected chi connectivity index (χ0v) is 10.3. The lowest BCUT2D eigenvalue weighted by Crippen LogP contribution is -2.06. The number of hydrogen-bond acceptors (Lipinski definition) is 1. The fraction of sp³-hybridized carbons (Fsp3) is 0.929. The van der Waals surface area contributed by atoms with Crippen molar-refractivity contribution in [3.05, 3.63) is 5.92 Å². The summed E-state index contributed by atoms with van der Waals surface area (Å²) in [6.07, 6.45) is 14.2. The fourth-order valence-corrected chi connectivity index (χ4v) is 2.08. The maximum atomic E-state index is 9.62. The van der Waals surface area contributed by atoms with E-state index in [1.165, 1.54) is 70.1 Å². The van der Waals surface area contributed by atoms with Gasteiger partial charge in [0, 0.05) is 5.92 Å². The van der Waals surface area contributed by atoms with Gasteiger partial charge in [-0.25, -0.2) is 0 Å². The smallest absolute Gasteiger partial charge is 0.0602 e. The SMILES string of the molecule is CCCCCCCCCCC(O)[C]1CC1. The minimum absolute atomic E-state index is 0.0508. The highest BCUT2D eigenvalue weighted by Gasteiger charge is 2.29. The molecule has 89 valence electrons. The molecule has 1 unspecified atom stereocenters. The van der Waals surface area contributed by atoms with Gasteiger partial charge in [-0.05, 0) is 19.3 Å². The molecule has 1 nitrogen and oxygen atoms in total. The van der Waals surface area contributed by atoms with E-state index in [0.717, 1.165) is 6.42 Å². The van der Waals surface area contributed by atoms with Crippen molar-refractivity contribution in [1.29, 1.82) is 0 Å². The van der Waals surface area contributed by atoms with Crippen LogP contribution in [0.25, 0.3) is 0 Å². The van der Waals surface area contributed by atoms with Crippen LogP contribution in [0.5, 0.6) is 0 Å². The minimum atomic E-state index is -0.0508. The van der Waals surface area contributed by atoms with Crippen molar-refractivity contribution in [2.45, 2.75) is 83.7 Å². The van der Waals surface area contributed by atoms with Gasteiger partial charge in [0.15, 0.2) is 0 Å². The molecule has 1 saturated carbocycles. The van der Waals surface area contributed by atoms with E-state index in [4.69, 9.17) is 0 Å². The second kappa shape index (κ2) is 8.15. The largest absolute Gasteiger partial charge is 0.393 e. The quantitative estimate of drug-likeness (QED) is 0.536. The van der Waals surface area contributed by atoms with Gasteiger partial charge in [-0.15, -0.1) is 0 Å². The highest BCUT2D eigenvalue weighted by atomic mass is 16.3. The third kappa shape index (κ3) is 6.94. The molecule has 0 heterocycles. The Morgan fingerprint density at radius 2 is 1.47 bits per heavy atom. The van der Waals surface area contributed by atoms with Gasteiger partial charge >= 0.3 is 0 Å². The zero-order valence-electron chi connectivity index (χ0n) is 10.3. The van der Waals surface area contributed by atoms with Crippen LogP contribution in [0.4, 0.5) is 0 Å². The molecule has 0 aromatic heterocycles. The highest BCUT2D eigenvalue weighted by molar-refractivity contribution is 5.10. The number of rotatable bonds is 10. The second-order valence-corrected chi connectivity index (χ2v) is 4.94. The monoisotopic (exact) mass is 211 g/mol. The Kier molecular flexibility index (Phi) is 7.08. The normalized spacial score (nSPS) is 18.0. The van der Waals surface area contributed by atoms with Crippen molar-refractivity contribution in [3.8, 4) is 0 Å². The summed E-state index contributed by atoms with van der Waals surface area (Å²) in [6, 6.07) is 0. The van der Waals surface area contributed by atoms with Crippen LogP contribution >= 0.6 is 0 Å². The lowest BCUT2D eigenvalue weighted by molar-refractivity contribution is 0.186. The van der Waals surface area contributed by atoms with Gasteiger partial charge in [0.1, 0.15) is 0 Å². The predicted molar refractivity (Wildman–Crippen MR) is 65.7 cm³/mol. The van der Waals surface area contributed by atoms with Gasteiger partial charge in [-0.1, -0.05) is 58.3 Å². The van der Waals surface area contributed by atoms with Gasteiger partial charge < -0.3 is 5.11 Å². The molecule has 0 saturated heterocycles. The molecule has 0 spiro atoms. The van der Waals surface area contributed by atoms with E-state index in [9.17, 15) is 5.11 Å². The average Bonchev–Trinajstić information content (AvgIpc) is 3.05. The summed E-state index contributed by atoms with van der Waals surface area (Å²) in [6.45, 7) is 2.26. The molecule has 0 aliphatic heterocycles. The first-order valence-corrected chi connectivity index (χ1v) is 6.87. The summed E-state index contributed by atoms with van der Waals surface area (Å²) in [5, 5.41) is 9.62. The predicted octanol–water partition coefficient (Wildman–Crippen LogP) is 4.25. The van der Waals surface area contributed by atoms with Crippen LogP contribution in [0.1, 0.15) is 77.6 Å². The van der Waals surface area contributed by atoms with E-state index in [1.807, 2.05) is 0 Å². The Labute approximate surface area is 95.3 Å². The molecule has 1 heteroatoms. The van der Waals surface area contributed by atoms with E-state index in [2.05, 4.69) is 6.92 Å². The zero-order chi connectivity index (χ0) is 10.9. The standard InChI is InChI=1S/C14H27O/c1-2-3-4-5-6-7-8-9-10-14(15)13-11-12-13/h14-15H,2-12H2,1H3. The molecule has 1 atom stereocenters. The van der Waals surface area contributed by atoms with Crippen molar-refractivity contribution in [3.63, 3.8) is 0 Å². The van der Waals surface area contributed by atoms with Crippen molar-refractivity contribution < 1.29 is 5.11 Å². The fourth-order valence-electron chi connectivity index (χ4n) is 2.08. The number of unbranched alkanes of at least 4 members (excludes halogenated alkanes) is 7. The van der Waals surface area contributed by atoms with E-state index in [-0.39, 0.29) is 6.10 Å². The third-order valence-corrected chi connectivity index (χ3v) is 3.34. The molecular formula is C14H27O. The van der Waals surface area contributed by atoms with Crippen LogP contribution in [0.15, 0.2) is 0 Å². The summed E-state index contributed by atoms with van der Waals surface area (Å²) >= 11 is 0. The van der Waals surface area contributed by atoms with Crippen molar-refractivity contribution in [2.24, 2.45) is 0 Å². The summed E-state index contributed by atoms with van der Waals surface area (Å²) < 4.78 is 0. The minimum Gasteiger partial charge on any atom is -0.393 e. The summed E-state index contributed by atoms with van der Waals surface area (Å²) in [4.78, 5) is 0. The molecule has 1 aliphatic carbocycles. The molecule has 1 radical (unpaired) electrons. The molecule has 1 rings (SSSR count). The molecule has 1 fully saturated rings. The maximum absolute atomic E-state index is 9.62. The van der Waals surface area contributed by atoms with E-state index in [0.29, 0.717) is 0 Å². The molecule has 0 bridgehead atoms. The Balaban J connectivity index is 1.72. The molecule has 1 aliphatic rings. The van der Waals surface area contributed by atoms with Crippen molar-refractivity contribution in [1.82, 2.24) is 0 Å². The van der Waals surface area contributed by atoms with E-state index in [1.54, 1.807) is 0 Å². The van der Waals surface area contributed by atoms with Gasteiger partial charge in [-0.2, -0.15) is 0 Å².